The van der Waals surface area contributed by atoms with Crippen LogP contribution in [0.25, 0.3) is 0 Å². The highest BCUT2D eigenvalue weighted by molar-refractivity contribution is 6.30. The largest absolute Gasteiger partial charge is 0.452 e. The molecule has 9 nitrogen and oxygen atoms in total. The molecule has 10 heteroatoms. The summed E-state index contributed by atoms with van der Waals surface area (Å²) >= 11 is 6.06. The van der Waals surface area contributed by atoms with Crippen molar-refractivity contribution in [2.24, 2.45) is 7.05 Å². The number of benzene rings is 2. The van der Waals surface area contributed by atoms with Gasteiger partial charge in [-0.15, -0.1) is 0 Å². The minimum Gasteiger partial charge on any atom is -0.452 e. The summed E-state index contributed by atoms with van der Waals surface area (Å²) in [4.78, 5) is 28.3. The highest BCUT2D eigenvalue weighted by Crippen LogP contribution is 2.33. The molecule has 4 rings (SSSR count). The first kappa shape index (κ1) is 24.8. The Balaban J connectivity index is 1.73. The van der Waals surface area contributed by atoms with E-state index in [1.807, 2.05) is 41.3 Å². The Hall–Kier alpha value is -3.27. The van der Waals surface area contributed by atoms with E-state index in [2.05, 4.69) is 12.2 Å². The molecule has 0 saturated carbocycles. The van der Waals surface area contributed by atoms with Crippen LogP contribution in [0.4, 0.5) is 11.5 Å². The maximum atomic E-state index is 13.5. The summed E-state index contributed by atoms with van der Waals surface area (Å²) < 4.78 is 14.1. The number of nitrogens with zero attached hydrogens (tertiary/aromatic N) is 3. The molecule has 35 heavy (non-hydrogen) atoms. The van der Waals surface area contributed by atoms with Crippen LogP contribution in [0.3, 0.4) is 0 Å². The molecule has 0 radical (unpaired) electrons. The fourth-order valence-electron chi connectivity index (χ4n) is 4.02. The zero-order chi connectivity index (χ0) is 24.9. The van der Waals surface area contributed by atoms with Crippen LogP contribution in [0.2, 0.25) is 5.02 Å². The first-order chi connectivity index (χ1) is 16.9. The molecule has 3 aromatic rings. The molecule has 1 unspecified atom stereocenters. The Labute approximate surface area is 208 Å². The zero-order valence-electron chi connectivity index (χ0n) is 19.7. The monoisotopic (exact) mass is 500 g/mol. The van der Waals surface area contributed by atoms with Gasteiger partial charge >= 0.3 is 5.69 Å². The van der Waals surface area contributed by atoms with Crippen LogP contribution in [0.1, 0.15) is 18.1 Å². The van der Waals surface area contributed by atoms with E-state index in [9.17, 15) is 9.59 Å². The van der Waals surface area contributed by atoms with Crippen LogP contribution in [-0.4, -0.2) is 40.4 Å². The topological polar surface area (TPSA) is 98.0 Å². The van der Waals surface area contributed by atoms with Gasteiger partial charge in [0.2, 0.25) is 0 Å². The maximum absolute atomic E-state index is 13.5. The second-order valence-corrected chi connectivity index (χ2v) is 8.64. The van der Waals surface area contributed by atoms with E-state index in [1.165, 1.54) is 4.57 Å². The molecule has 0 bridgehead atoms. The summed E-state index contributed by atoms with van der Waals surface area (Å²) in [5, 5.41) is 12.8. The summed E-state index contributed by atoms with van der Waals surface area (Å²) in [7, 11) is 1.61. The molecular formula is C25H29ClN4O5. The first-order valence-corrected chi connectivity index (χ1v) is 11.9. The van der Waals surface area contributed by atoms with Gasteiger partial charge in [-0.05, 0) is 41.8 Å². The number of ether oxygens (including phenoxy) is 2. The Morgan fingerprint density at radius 3 is 2.57 bits per heavy atom. The Bertz CT molecular complexity index is 1290. The fourth-order valence-corrected chi connectivity index (χ4v) is 4.14. The smallest absolute Gasteiger partial charge is 0.332 e. The van der Waals surface area contributed by atoms with Gasteiger partial charge in [0, 0.05) is 18.6 Å². The summed E-state index contributed by atoms with van der Waals surface area (Å²) in [6.07, 6.45) is 0.147. The zero-order valence-corrected chi connectivity index (χ0v) is 20.5. The third kappa shape index (κ3) is 5.37. The molecule has 0 spiro atoms. The van der Waals surface area contributed by atoms with E-state index in [0.29, 0.717) is 28.8 Å². The summed E-state index contributed by atoms with van der Waals surface area (Å²) in [6.45, 7) is 2.62. The van der Waals surface area contributed by atoms with E-state index in [0.717, 1.165) is 22.1 Å². The molecule has 186 valence electrons. The average Bonchev–Trinajstić information content (AvgIpc) is 3.21. The van der Waals surface area contributed by atoms with Crippen molar-refractivity contribution in [3.05, 3.63) is 85.5 Å². The third-order valence-corrected chi connectivity index (χ3v) is 6.12. The Morgan fingerprint density at radius 1 is 1.09 bits per heavy atom. The van der Waals surface area contributed by atoms with Crippen molar-refractivity contribution in [2.75, 3.05) is 30.0 Å². The van der Waals surface area contributed by atoms with Gasteiger partial charge in [-0.3, -0.25) is 13.9 Å². The fraction of sp³-hybridized carbons (Fsp3) is 0.360. The number of hydrogen-bond acceptors (Lipinski definition) is 7. The van der Waals surface area contributed by atoms with Gasteiger partial charge in [-0.2, -0.15) is 0 Å². The van der Waals surface area contributed by atoms with Crippen molar-refractivity contribution in [2.45, 2.75) is 32.8 Å². The minimum absolute atomic E-state index is 0.0671. The van der Waals surface area contributed by atoms with Gasteiger partial charge < -0.3 is 24.8 Å². The lowest BCUT2D eigenvalue weighted by molar-refractivity contribution is 0.0858. The van der Waals surface area contributed by atoms with E-state index in [-0.39, 0.29) is 26.4 Å². The Kier molecular flexibility index (Phi) is 7.80. The average molecular weight is 501 g/mol. The van der Waals surface area contributed by atoms with E-state index < -0.39 is 17.6 Å². The highest BCUT2D eigenvalue weighted by Gasteiger charge is 2.36. The lowest BCUT2D eigenvalue weighted by Crippen LogP contribution is -2.44. The van der Waals surface area contributed by atoms with Gasteiger partial charge in [0.1, 0.15) is 17.3 Å². The highest BCUT2D eigenvalue weighted by atomic mass is 35.5. The molecule has 1 aliphatic heterocycles. The van der Waals surface area contributed by atoms with Crippen molar-refractivity contribution < 1.29 is 14.6 Å². The van der Waals surface area contributed by atoms with Gasteiger partial charge in [-0.25, -0.2) is 4.79 Å². The standard InChI is InChI=1S/C25H29ClN4O5/c1-3-17-5-4-6-20(15-17)35-24-27-22-21(30(24)16-18-7-9-19(26)10-8-18)23(32)29(25(33)28(22)2)11-13-34-14-12-31/h4-10,15,24,27,31H,3,11-14,16H2,1-2H3. The number of aromatic nitrogens is 2. The second kappa shape index (κ2) is 11.0. The van der Waals surface area contributed by atoms with Crippen molar-refractivity contribution in [1.29, 1.82) is 0 Å². The molecule has 2 N–H and O–H groups in total. The van der Waals surface area contributed by atoms with Crippen molar-refractivity contribution in [1.82, 2.24) is 9.13 Å². The molecule has 2 heterocycles. The van der Waals surface area contributed by atoms with E-state index in [4.69, 9.17) is 26.2 Å². The predicted octanol–water partition coefficient (Wildman–Crippen LogP) is 2.57. The SMILES string of the molecule is CCc1cccc(OC2Nc3c(c(=O)n(CCOCCO)c(=O)n3C)N2Cc2ccc(Cl)cc2)c1. The number of aliphatic hydroxyl groups excluding tert-OH is 1. The molecule has 0 saturated heterocycles. The second-order valence-electron chi connectivity index (χ2n) is 8.20. The first-order valence-electron chi connectivity index (χ1n) is 11.5. The number of aliphatic hydroxyl groups is 1. The van der Waals surface area contributed by atoms with Gasteiger partial charge in [0.05, 0.1) is 26.4 Å². The quantitative estimate of drug-likeness (QED) is 0.413. The van der Waals surface area contributed by atoms with Gasteiger partial charge in [0.15, 0.2) is 0 Å². The molecule has 0 fully saturated rings. The van der Waals surface area contributed by atoms with Crippen LogP contribution < -0.4 is 26.2 Å². The van der Waals surface area contributed by atoms with Crippen molar-refractivity contribution >= 4 is 23.1 Å². The van der Waals surface area contributed by atoms with Crippen LogP contribution in [0.15, 0.2) is 58.1 Å². The van der Waals surface area contributed by atoms with Crippen LogP contribution in [0.5, 0.6) is 5.75 Å². The lowest BCUT2D eigenvalue weighted by atomic mass is 10.2. The third-order valence-electron chi connectivity index (χ3n) is 5.87. The normalized spacial score (nSPS) is 14.6. The predicted molar refractivity (Wildman–Crippen MR) is 135 cm³/mol. The van der Waals surface area contributed by atoms with Crippen molar-refractivity contribution in [3.63, 3.8) is 0 Å². The number of aryl methyl sites for hydroxylation is 1. The Morgan fingerprint density at radius 2 is 1.86 bits per heavy atom. The molecule has 2 aromatic carbocycles. The molecule has 1 atom stereocenters. The molecule has 1 aliphatic rings. The number of anilines is 2. The maximum Gasteiger partial charge on any atom is 0.332 e. The molecule has 1 aromatic heterocycles. The number of nitrogens with one attached hydrogen (secondary N) is 1. The van der Waals surface area contributed by atoms with Crippen LogP contribution in [-0.2, 0) is 31.3 Å². The van der Waals surface area contributed by atoms with E-state index >= 15 is 0 Å². The molecule has 0 amide bonds. The summed E-state index contributed by atoms with van der Waals surface area (Å²) in [6, 6.07) is 15.1. The summed E-state index contributed by atoms with van der Waals surface area (Å²) in [5.74, 6) is 1.04. The number of rotatable bonds is 10. The molecule has 0 aliphatic carbocycles. The summed E-state index contributed by atoms with van der Waals surface area (Å²) in [5.41, 5.74) is 1.48. The number of halogens is 1. The number of fused-ring (bicyclic) bond motifs is 1. The van der Waals surface area contributed by atoms with E-state index in [1.54, 1.807) is 19.2 Å². The molecular weight excluding hydrogens is 472 g/mol. The van der Waals surface area contributed by atoms with Crippen LogP contribution in [0, 0.1) is 0 Å². The van der Waals surface area contributed by atoms with Gasteiger partial charge in [0.25, 0.3) is 11.9 Å². The van der Waals surface area contributed by atoms with Crippen LogP contribution >= 0.6 is 11.6 Å². The van der Waals surface area contributed by atoms with Crippen molar-refractivity contribution in [3.8, 4) is 5.75 Å². The minimum atomic E-state index is -0.715. The number of hydrogen-bond donors (Lipinski definition) is 2. The lowest BCUT2D eigenvalue weighted by Gasteiger charge is -2.27. The van der Waals surface area contributed by atoms with Gasteiger partial charge in [-0.1, -0.05) is 42.8 Å².